The monoisotopic (exact) mass is 753 g/mol. The van der Waals surface area contributed by atoms with Crippen molar-refractivity contribution in [2.24, 2.45) is 0 Å². The number of nitrogens with zero attached hydrogens (tertiary/aromatic N) is 3. The van der Waals surface area contributed by atoms with E-state index in [0.717, 1.165) is 39.2 Å². The molecule has 8 nitrogen and oxygen atoms in total. The summed E-state index contributed by atoms with van der Waals surface area (Å²) >= 11 is 0. The van der Waals surface area contributed by atoms with Gasteiger partial charge in [0.05, 0.1) is 12.7 Å². The Bertz CT molecular complexity index is 2310. The number of anilines is 3. The van der Waals surface area contributed by atoms with Gasteiger partial charge in [-0.1, -0.05) is 139 Å². The summed E-state index contributed by atoms with van der Waals surface area (Å²) in [5, 5.41) is 11.7. The number of nitrogens with one attached hydrogen (secondary N) is 2. The fraction of sp³-hybridized carbons (Fsp3) is 0.163. The molecule has 7 aromatic rings. The van der Waals surface area contributed by atoms with Crippen molar-refractivity contribution in [1.29, 1.82) is 0 Å². The van der Waals surface area contributed by atoms with Crippen LogP contribution in [0.2, 0.25) is 0 Å². The van der Waals surface area contributed by atoms with Crippen LogP contribution in [0.1, 0.15) is 53.4 Å². The van der Waals surface area contributed by atoms with E-state index >= 15 is 0 Å². The minimum absolute atomic E-state index is 0.223. The maximum Gasteiger partial charge on any atom is 0.414 e. The van der Waals surface area contributed by atoms with Crippen molar-refractivity contribution in [3.05, 3.63) is 204 Å². The molecule has 1 heterocycles. The van der Waals surface area contributed by atoms with E-state index in [-0.39, 0.29) is 12.5 Å². The third kappa shape index (κ3) is 8.81. The molecule has 0 spiro atoms. The van der Waals surface area contributed by atoms with Gasteiger partial charge >= 0.3 is 6.09 Å². The number of benzene rings is 6. The minimum Gasteiger partial charge on any atom is -0.443 e. The summed E-state index contributed by atoms with van der Waals surface area (Å²) in [5.41, 5.74) is 6.49. The molecule has 0 saturated heterocycles. The summed E-state index contributed by atoms with van der Waals surface area (Å²) in [6.07, 6.45) is 1.28. The van der Waals surface area contributed by atoms with Crippen molar-refractivity contribution < 1.29 is 14.3 Å². The molecule has 286 valence electrons. The van der Waals surface area contributed by atoms with Gasteiger partial charge in [0.1, 0.15) is 17.0 Å². The van der Waals surface area contributed by atoms with E-state index in [1.54, 1.807) is 23.2 Å². The smallest absolute Gasteiger partial charge is 0.414 e. The van der Waals surface area contributed by atoms with E-state index in [2.05, 4.69) is 83.4 Å². The van der Waals surface area contributed by atoms with Crippen molar-refractivity contribution in [1.82, 2.24) is 9.78 Å². The fourth-order valence-corrected chi connectivity index (χ4v) is 7.02. The number of rotatable bonds is 12. The highest BCUT2D eigenvalue weighted by atomic mass is 16.6. The van der Waals surface area contributed by atoms with Crippen molar-refractivity contribution >= 4 is 29.2 Å². The number of aromatic nitrogens is 2. The first-order chi connectivity index (χ1) is 27.6. The predicted octanol–water partition coefficient (Wildman–Crippen LogP) is 11.0. The minimum atomic E-state index is -0.757. The van der Waals surface area contributed by atoms with Gasteiger partial charge in [0.25, 0.3) is 5.91 Å². The topological polar surface area (TPSA) is 88.5 Å². The third-order valence-corrected chi connectivity index (χ3v) is 9.77. The lowest BCUT2D eigenvalue weighted by atomic mass is 9.77. The van der Waals surface area contributed by atoms with Gasteiger partial charge in [-0.15, -0.1) is 0 Å². The molecule has 0 fully saturated rings. The fourth-order valence-electron chi connectivity index (χ4n) is 7.02. The maximum atomic E-state index is 13.8. The highest BCUT2D eigenvalue weighted by Gasteiger charge is 2.37. The van der Waals surface area contributed by atoms with E-state index in [9.17, 15) is 9.59 Å². The van der Waals surface area contributed by atoms with Gasteiger partial charge in [-0.05, 0) is 85.8 Å². The van der Waals surface area contributed by atoms with E-state index in [1.807, 2.05) is 117 Å². The first-order valence-corrected chi connectivity index (χ1v) is 19.2. The summed E-state index contributed by atoms with van der Waals surface area (Å²) < 4.78 is 7.77. The first kappa shape index (κ1) is 38.3. The zero-order valence-corrected chi connectivity index (χ0v) is 32.7. The number of aryl methyl sites for hydroxylation is 1. The van der Waals surface area contributed by atoms with Crippen LogP contribution >= 0.6 is 0 Å². The molecule has 0 atom stereocenters. The number of hydrogen-bond acceptors (Lipinski definition) is 5. The van der Waals surface area contributed by atoms with Crippen LogP contribution in [-0.4, -0.2) is 33.9 Å². The molecular weight excluding hydrogens is 707 g/mol. The molecule has 6 aromatic carbocycles. The van der Waals surface area contributed by atoms with Gasteiger partial charge < -0.3 is 15.4 Å². The molecule has 0 aliphatic rings. The van der Waals surface area contributed by atoms with Crippen LogP contribution in [0.3, 0.4) is 0 Å². The van der Waals surface area contributed by atoms with E-state index in [1.165, 1.54) is 0 Å². The molecule has 0 saturated carbocycles. The van der Waals surface area contributed by atoms with E-state index in [0.29, 0.717) is 23.5 Å². The Morgan fingerprint density at radius 3 is 1.77 bits per heavy atom. The molecule has 2 amide bonds. The zero-order valence-electron chi connectivity index (χ0n) is 32.7. The van der Waals surface area contributed by atoms with Crippen molar-refractivity contribution in [2.45, 2.75) is 45.4 Å². The lowest BCUT2D eigenvalue weighted by molar-refractivity contribution is 0.0578. The summed E-state index contributed by atoms with van der Waals surface area (Å²) in [6.45, 7) is 8.20. The predicted molar refractivity (Wildman–Crippen MR) is 230 cm³/mol. The van der Waals surface area contributed by atoms with Crippen molar-refractivity contribution in [2.75, 3.05) is 22.1 Å². The largest absolute Gasteiger partial charge is 0.443 e. The van der Waals surface area contributed by atoms with Crippen molar-refractivity contribution in [3.63, 3.8) is 0 Å². The number of amides is 2. The van der Waals surface area contributed by atoms with Gasteiger partial charge in [0, 0.05) is 29.5 Å². The Labute approximate surface area is 334 Å². The van der Waals surface area contributed by atoms with Crippen LogP contribution in [0.5, 0.6) is 0 Å². The normalized spacial score (nSPS) is 11.4. The highest BCUT2D eigenvalue weighted by Crippen LogP contribution is 2.40. The van der Waals surface area contributed by atoms with Crippen LogP contribution in [0, 0.1) is 6.92 Å². The van der Waals surface area contributed by atoms with Crippen LogP contribution in [0.25, 0.3) is 11.1 Å². The average Bonchev–Trinajstić information content (AvgIpc) is 3.67. The average molecular weight is 754 g/mol. The lowest BCUT2D eigenvalue weighted by Crippen LogP contribution is -2.40. The molecule has 0 radical (unpaired) electrons. The van der Waals surface area contributed by atoms with Crippen LogP contribution < -0.4 is 15.5 Å². The number of carbonyl (C=O) groups excluding carboxylic acids is 2. The maximum absolute atomic E-state index is 13.8. The second-order valence-corrected chi connectivity index (χ2v) is 15.0. The molecule has 57 heavy (non-hydrogen) atoms. The number of carbonyl (C=O) groups is 2. The highest BCUT2D eigenvalue weighted by molar-refractivity contribution is 6.08. The summed E-state index contributed by atoms with van der Waals surface area (Å²) in [7, 11) is 0. The Balaban J connectivity index is 1.15. The van der Waals surface area contributed by atoms with Crippen LogP contribution in [-0.2, 0) is 16.8 Å². The van der Waals surface area contributed by atoms with Gasteiger partial charge in [0.2, 0.25) is 0 Å². The van der Waals surface area contributed by atoms with E-state index in [4.69, 9.17) is 9.84 Å². The van der Waals surface area contributed by atoms with Gasteiger partial charge in [0.15, 0.2) is 0 Å². The van der Waals surface area contributed by atoms with Crippen LogP contribution in [0.4, 0.5) is 22.0 Å². The second kappa shape index (κ2) is 16.8. The third-order valence-electron chi connectivity index (χ3n) is 9.77. The molecule has 7 rings (SSSR count). The van der Waals surface area contributed by atoms with Gasteiger partial charge in [-0.2, -0.15) is 5.10 Å². The molecule has 0 bridgehead atoms. The van der Waals surface area contributed by atoms with Crippen molar-refractivity contribution in [3.8, 4) is 11.1 Å². The zero-order chi connectivity index (χ0) is 39.8. The Morgan fingerprint density at radius 2 is 1.21 bits per heavy atom. The van der Waals surface area contributed by atoms with Gasteiger partial charge in [-0.25, -0.2) is 9.48 Å². The molecule has 0 unspecified atom stereocenters. The quantitative estimate of drug-likeness (QED) is 0.121. The first-order valence-electron chi connectivity index (χ1n) is 19.2. The number of ether oxygens (including phenoxy) is 1. The molecule has 0 aliphatic heterocycles. The summed E-state index contributed by atoms with van der Waals surface area (Å²) in [6, 6.07) is 56.0. The van der Waals surface area contributed by atoms with Gasteiger partial charge in [-0.3, -0.25) is 9.69 Å². The summed E-state index contributed by atoms with van der Waals surface area (Å²) in [4.78, 5) is 29.0. The Kier molecular flexibility index (Phi) is 11.3. The standard InChI is InChI=1S/C49H47N5O3/c1-36-24-26-37(27-25-36)43-22-14-15-23-44(43)46(55)51-41-28-30-42(31-29-41)53(47(56)57-48(2,3)4)34-35-54-45(32-33-50-54)52-49(38-16-8-5-9-17-38,39-18-10-6-11-19-39)40-20-12-7-13-21-40/h5-33,52H,34-35H2,1-4H3,(H,51,55). The van der Waals surface area contributed by atoms with E-state index < -0.39 is 17.2 Å². The molecule has 1 aromatic heterocycles. The Morgan fingerprint density at radius 1 is 0.667 bits per heavy atom. The molecule has 2 N–H and O–H groups in total. The molecule has 8 heteroatoms. The second-order valence-electron chi connectivity index (χ2n) is 15.0. The molecular formula is C49H47N5O3. The molecule has 0 aliphatic carbocycles. The number of hydrogen-bond donors (Lipinski definition) is 2. The lowest BCUT2D eigenvalue weighted by Gasteiger charge is -2.38. The Hall–Kier alpha value is -6.93. The van der Waals surface area contributed by atoms with Crippen LogP contribution in [0.15, 0.2) is 176 Å². The SMILES string of the molecule is Cc1ccc(-c2ccccc2C(=O)Nc2ccc(N(CCn3nccc3NC(c3ccccc3)(c3ccccc3)c3ccccc3)C(=O)OC(C)(C)C)cc2)cc1. The summed E-state index contributed by atoms with van der Waals surface area (Å²) in [5.74, 6) is 0.555.